The number of nitrogens with zero attached hydrogens (tertiary/aromatic N) is 2. The Hall–Kier alpha value is -1.30. The van der Waals surface area contributed by atoms with E-state index in [0.29, 0.717) is 19.6 Å². The van der Waals surface area contributed by atoms with Gasteiger partial charge >= 0.3 is 12.0 Å². The van der Waals surface area contributed by atoms with Gasteiger partial charge in [-0.15, -0.1) is 0 Å². The zero-order chi connectivity index (χ0) is 14.4. The number of aliphatic carboxylic acids is 1. The summed E-state index contributed by atoms with van der Waals surface area (Å²) < 4.78 is 0. The first-order valence-electron chi connectivity index (χ1n) is 6.78. The van der Waals surface area contributed by atoms with Crippen molar-refractivity contribution >= 4 is 12.0 Å². The third-order valence-corrected chi connectivity index (χ3v) is 3.79. The first-order valence-corrected chi connectivity index (χ1v) is 6.78. The standard InChI is InChI=1S/C13H24N2O4/c1-10(8-12(17)18)11-4-3-5-15(9-11)13(19)14(2)6-7-16/h10-11,16H,3-9H2,1-2H3,(H,17,18). The molecule has 0 radical (unpaired) electrons. The summed E-state index contributed by atoms with van der Waals surface area (Å²) in [6, 6.07) is -0.0822. The van der Waals surface area contributed by atoms with Crippen LogP contribution < -0.4 is 0 Å². The maximum Gasteiger partial charge on any atom is 0.319 e. The molecule has 2 N–H and O–H groups in total. The molecule has 0 aromatic carbocycles. The molecule has 0 spiro atoms. The number of carboxylic acid groups (broad SMARTS) is 1. The highest BCUT2D eigenvalue weighted by Gasteiger charge is 2.29. The molecule has 2 unspecified atom stereocenters. The van der Waals surface area contributed by atoms with Crippen molar-refractivity contribution in [2.45, 2.75) is 26.2 Å². The Labute approximate surface area is 114 Å². The molecule has 110 valence electrons. The van der Waals surface area contributed by atoms with Gasteiger partial charge in [-0.2, -0.15) is 0 Å². The topological polar surface area (TPSA) is 81.1 Å². The van der Waals surface area contributed by atoms with E-state index in [2.05, 4.69) is 0 Å². The van der Waals surface area contributed by atoms with Crippen LogP contribution in [-0.2, 0) is 4.79 Å². The number of carbonyl (C=O) groups excluding carboxylic acids is 1. The van der Waals surface area contributed by atoms with E-state index in [1.54, 1.807) is 11.9 Å². The second-order valence-electron chi connectivity index (χ2n) is 5.35. The molecule has 1 aliphatic heterocycles. The lowest BCUT2D eigenvalue weighted by molar-refractivity contribution is -0.138. The summed E-state index contributed by atoms with van der Waals surface area (Å²) in [5.41, 5.74) is 0. The van der Waals surface area contributed by atoms with Crippen LogP contribution in [-0.4, -0.2) is 65.3 Å². The predicted octanol–water partition coefficient (Wildman–Crippen LogP) is 0.853. The minimum absolute atomic E-state index is 0.0467. The van der Waals surface area contributed by atoms with E-state index < -0.39 is 5.97 Å². The quantitative estimate of drug-likeness (QED) is 0.777. The smallest absolute Gasteiger partial charge is 0.319 e. The third kappa shape index (κ3) is 4.70. The van der Waals surface area contributed by atoms with E-state index in [4.69, 9.17) is 10.2 Å². The summed E-state index contributed by atoms with van der Waals surface area (Å²) in [4.78, 5) is 26.1. The van der Waals surface area contributed by atoms with Gasteiger partial charge < -0.3 is 20.0 Å². The molecule has 1 rings (SSSR count). The number of hydrogen-bond donors (Lipinski definition) is 2. The summed E-state index contributed by atoms with van der Waals surface area (Å²) in [5.74, 6) is -0.457. The monoisotopic (exact) mass is 272 g/mol. The Morgan fingerprint density at radius 3 is 2.74 bits per heavy atom. The van der Waals surface area contributed by atoms with Gasteiger partial charge in [0.05, 0.1) is 6.61 Å². The molecule has 0 aromatic heterocycles. The summed E-state index contributed by atoms with van der Waals surface area (Å²) in [5, 5.41) is 17.7. The molecule has 19 heavy (non-hydrogen) atoms. The average Bonchev–Trinajstić information content (AvgIpc) is 2.37. The number of likely N-dealkylation sites (N-methyl/N-ethyl adjacent to an activating group) is 1. The zero-order valence-corrected chi connectivity index (χ0v) is 11.7. The van der Waals surface area contributed by atoms with Crippen molar-refractivity contribution in [2.75, 3.05) is 33.3 Å². The van der Waals surface area contributed by atoms with Gasteiger partial charge in [0.1, 0.15) is 0 Å². The second kappa shape index (κ2) is 7.33. The number of hydrogen-bond acceptors (Lipinski definition) is 3. The Morgan fingerprint density at radius 2 is 2.16 bits per heavy atom. The largest absolute Gasteiger partial charge is 0.481 e. The lowest BCUT2D eigenvalue weighted by Crippen LogP contribution is -2.48. The minimum atomic E-state index is -0.784. The van der Waals surface area contributed by atoms with Crippen LogP contribution in [0, 0.1) is 11.8 Å². The van der Waals surface area contributed by atoms with Gasteiger partial charge in [0.25, 0.3) is 0 Å². The molecule has 1 heterocycles. The Balaban J connectivity index is 2.54. The first kappa shape index (κ1) is 15.8. The van der Waals surface area contributed by atoms with Crippen LogP contribution in [0.15, 0.2) is 0 Å². The van der Waals surface area contributed by atoms with Crippen molar-refractivity contribution in [2.24, 2.45) is 11.8 Å². The number of likely N-dealkylation sites (tertiary alicyclic amines) is 1. The number of urea groups is 1. The van der Waals surface area contributed by atoms with Crippen LogP contribution in [0.5, 0.6) is 0 Å². The molecule has 0 aromatic rings. The average molecular weight is 272 g/mol. The van der Waals surface area contributed by atoms with Crippen molar-refractivity contribution < 1.29 is 19.8 Å². The van der Waals surface area contributed by atoms with Gasteiger partial charge in [-0.3, -0.25) is 4.79 Å². The van der Waals surface area contributed by atoms with Crippen LogP contribution >= 0.6 is 0 Å². The third-order valence-electron chi connectivity index (χ3n) is 3.79. The number of carboxylic acids is 1. The number of rotatable bonds is 5. The molecule has 0 aliphatic carbocycles. The molecule has 1 saturated heterocycles. The van der Waals surface area contributed by atoms with Crippen LogP contribution in [0.25, 0.3) is 0 Å². The first-order chi connectivity index (χ1) is 8.95. The van der Waals surface area contributed by atoms with Crippen molar-refractivity contribution in [1.29, 1.82) is 0 Å². The van der Waals surface area contributed by atoms with Crippen molar-refractivity contribution in [3.63, 3.8) is 0 Å². The fraction of sp³-hybridized carbons (Fsp3) is 0.846. The molecule has 2 atom stereocenters. The van der Waals surface area contributed by atoms with E-state index in [-0.39, 0.29) is 30.9 Å². The lowest BCUT2D eigenvalue weighted by atomic mass is 9.85. The van der Waals surface area contributed by atoms with E-state index in [9.17, 15) is 9.59 Å². The highest BCUT2D eigenvalue weighted by molar-refractivity contribution is 5.74. The highest BCUT2D eigenvalue weighted by Crippen LogP contribution is 2.26. The maximum atomic E-state index is 12.1. The van der Waals surface area contributed by atoms with E-state index >= 15 is 0 Å². The van der Waals surface area contributed by atoms with Crippen LogP contribution in [0.3, 0.4) is 0 Å². The minimum Gasteiger partial charge on any atom is -0.481 e. The molecule has 6 heteroatoms. The summed E-state index contributed by atoms with van der Waals surface area (Å²) in [6.07, 6.45) is 2.04. The summed E-state index contributed by atoms with van der Waals surface area (Å²) in [6.45, 7) is 3.54. The van der Waals surface area contributed by atoms with Gasteiger partial charge in [-0.05, 0) is 24.7 Å². The fourth-order valence-corrected chi connectivity index (χ4v) is 2.58. The van der Waals surface area contributed by atoms with E-state index in [1.165, 1.54) is 4.90 Å². The van der Waals surface area contributed by atoms with Crippen molar-refractivity contribution in [1.82, 2.24) is 9.80 Å². The molecule has 2 amide bonds. The number of aliphatic hydroxyl groups excluding tert-OH is 1. The van der Waals surface area contributed by atoms with Crippen LogP contribution in [0.4, 0.5) is 4.79 Å². The SMILES string of the molecule is CC(CC(=O)O)C1CCCN(C(=O)N(C)CCO)C1. The molecule has 0 bridgehead atoms. The molecular formula is C13H24N2O4. The maximum absolute atomic E-state index is 12.1. The van der Waals surface area contributed by atoms with Crippen molar-refractivity contribution in [3.05, 3.63) is 0 Å². The number of piperidine rings is 1. The Morgan fingerprint density at radius 1 is 1.47 bits per heavy atom. The molecule has 6 nitrogen and oxygen atoms in total. The second-order valence-corrected chi connectivity index (χ2v) is 5.35. The highest BCUT2D eigenvalue weighted by atomic mass is 16.4. The number of amides is 2. The van der Waals surface area contributed by atoms with Gasteiger partial charge in [0.15, 0.2) is 0 Å². The van der Waals surface area contributed by atoms with Crippen LogP contribution in [0.2, 0.25) is 0 Å². The Kier molecular flexibility index (Phi) is 6.08. The number of carbonyl (C=O) groups is 2. The van der Waals surface area contributed by atoms with Gasteiger partial charge in [0, 0.05) is 33.1 Å². The molecular weight excluding hydrogens is 248 g/mol. The van der Waals surface area contributed by atoms with E-state index in [0.717, 1.165) is 12.8 Å². The molecule has 0 saturated carbocycles. The van der Waals surface area contributed by atoms with Crippen LogP contribution in [0.1, 0.15) is 26.2 Å². The van der Waals surface area contributed by atoms with E-state index in [1.807, 2.05) is 6.92 Å². The summed E-state index contributed by atoms with van der Waals surface area (Å²) >= 11 is 0. The fourth-order valence-electron chi connectivity index (χ4n) is 2.58. The van der Waals surface area contributed by atoms with Gasteiger partial charge in [0.2, 0.25) is 0 Å². The van der Waals surface area contributed by atoms with Crippen molar-refractivity contribution in [3.8, 4) is 0 Å². The molecule has 1 aliphatic rings. The zero-order valence-electron chi connectivity index (χ0n) is 11.7. The molecule has 1 fully saturated rings. The lowest BCUT2D eigenvalue weighted by Gasteiger charge is -2.37. The number of aliphatic hydroxyl groups is 1. The predicted molar refractivity (Wildman–Crippen MR) is 70.8 cm³/mol. The van der Waals surface area contributed by atoms with Gasteiger partial charge in [-0.1, -0.05) is 6.92 Å². The summed E-state index contributed by atoms with van der Waals surface area (Å²) in [7, 11) is 1.67. The van der Waals surface area contributed by atoms with Gasteiger partial charge in [-0.25, -0.2) is 4.79 Å². The Bertz CT molecular complexity index is 322. The normalized spacial score (nSPS) is 21.0.